The van der Waals surface area contributed by atoms with Crippen molar-refractivity contribution in [2.24, 2.45) is 0 Å². The lowest BCUT2D eigenvalue weighted by Crippen LogP contribution is -2.47. The Kier molecular flexibility index (Phi) is 4.21. The molecule has 0 bridgehead atoms. The smallest absolute Gasteiger partial charge is 0.121 e. The van der Waals surface area contributed by atoms with E-state index < -0.39 is 8.24 Å². The molecule has 0 saturated carbocycles. The van der Waals surface area contributed by atoms with Crippen molar-refractivity contribution in [3.05, 3.63) is 0 Å². The molecule has 0 N–H and O–H groups in total. The topological polar surface area (TPSA) is 3.24 Å². The third-order valence-electron chi connectivity index (χ3n) is 2.48. The molecule has 2 heteroatoms. The number of nitrogens with zero attached hydrogens (tertiary/aromatic N) is 1. The van der Waals surface area contributed by atoms with Gasteiger partial charge in [0.05, 0.1) is 0 Å². The molecule has 0 amide bonds. The van der Waals surface area contributed by atoms with Gasteiger partial charge < -0.3 is 4.57 Å². The highest BCUT2D eigenvalue weighted by molar-refractivity contribution is 6.74. The Hall–Kier alpha value is 0.177. The van der Waals surface area contributed by atoms with Gasteiger partial charge in [0, 0.05) is 0 Å². The molecule has 0 unspecified atom stereocenters. The van der Waals surface area contributed by atoms with Crippen LogP contribution in [0.2, 0.25) is 19.1 Å². The summed E-state index contributed by atoms with van der Waals surface area (Å²) in [7, 11) is -0.973. The molecule has 0 atom stereocenters. The maximum Gasteiger partial charge on any atom is 0.121 e. The molecule has 0 fully saturated rings. The van der Waals surface area contributed by atoms with Gasteiger partial charge >= 0.3 is 0 Å². The largest absolute Gasteiger partial charge is 0.324 e. The van der Waals surface area contributed by atoms with E-state index in [2.05, 4.69) is 38.4 Å². The van der Waals surface area contributed by atoms with Crippen molar-refractivity contribution >= 4 is 8.24 Å². The standard InChI is InChI=1S/C8H21NSi/c1-6-9(7-2)10(4,5)8-3/h6-8H2,1-5H3. The molecule has 0 heterocycles. The SMILES string of the molecule is CCN(CC)[Si](C)(C)CC. The van der Waals surface area contributed by atoms with Gasteiger partial charge in [0.1, 0.15) is 8.24 Å². The van der Waals surface area contributed by atoms with Crippen LogP contribution >= 0.6 is 0 Å². The highest BCUT2D eigenvalue weighted by Gasteiger charge is 2.23. The van der Waals surface area contributed by atoms with Gasteiger partial charge in [0.2, 0.25) is 0 Å². The Balaban J connectivity index is 3.97. The van der Waals surface area contributed by atoms with E-state index in [1.165, 1.54) is 19.1 Å². The first-order chi connectivity index (χ1) is 4.58. The molecule has 0 spiro atoms. The first-order valence-corrected chi connectivity index (χ1v) is 7.49. The zero-order valence-electron chi connectivity index (χ0n) is 8.07. The third-order valence-corrected chi connectivity index (χ3v) is 6.56. The van der Waals surface area contributed by atoms with Crippen molar-refractivity contribution in [2.45, 2.75) is 39.9 Å². The van der Waals surface area contributed by atoms with Crippen LogP contribution in [0.15, 0.2) is 0 Å². The lowest BCUT2D eigenvalue weighted by atomic mass is 10.7. The molecular formula is C8H21NSi. The van der Waals surface area contributed by atoms with Crippen LogP contribution in [0, 0.1) is 0 Å². The van der Waals surface area contributed by atoms with Gasteiger partial charge in [-0.1, -0.05) is 33.9 Å². The Labute approximate surface area is 66.5 Å². The van der Waals surface area contributed by atoms with Gasteiger partial charge in [-0.3, -0.25) is 0 Å². The minimum atomic E-state index is -0.973. The summed E-state index contributed by atoms with van der Waals surface area (Å²) in [5.74, 6) is 0. The fourth-order valence-electron chi connectivity index (χ4n) is 1.30. The molecule has 0 aromatic carbocycles. The van der Waals surface area contributed by atoms with Crippen LogP contribution in [-0.4, -0.2) is 25.9 Å². The van der Waals surface area contributed by atoms with Gasteiger partial charge in [-0.2, -0.15) is 0 Å². The third kappa shape index (κ3) is 2.43. The molecule has 10 heavy (non-hydrogen) atoms. The molecule has 0 aromatic rings. The lowest BCUT2D eigenvalue weighted by molar-refractivity contribution is 0.466. The summed E-state index contributed by atoms with van der Waals surface area (Å²) in [6.07, 6.45) is 0. The van der Waals surface area contributed by atoms with E-state index in [-0.39, 0.29) is 0 Å². The summed E-state index contributed by atoms with van der Waals surface area (Å²) in [5, 5.41) is 0. The first-order valence-electron chi connectivity index (χ1n) is 4.33. The van der Waals surface area contributed by atoms with Crippen molar-refractivity contribution in [1.82, 2.24) is 4.57 Å². The van der Waals surface area contributed by atoms with E-state index in [0.717, 1.165) is 0 Å². The van der Waals surface area contributed by atoms with E-state index in [0.29, 0.717) is 0 Å². The van der Waals surface area contributed by atoms with E-state index in [4.69, 9.17) is 0 Å². The minimum Gasteiger partial charge on any atom is -0.324 e. The maximum absolute atomic E-state index is 2.63. The van der Waals surface area contributed by atoms with E-state index >= 15 is 0 Å². The fourth-order valence-corrected chi connectivity index (χ4v) is 3.46. The lowest BCUT2D eigenvalue weighted by Gasteiger charge is -2.34. The van der Waals surface area contributed by atoms with Crippen molar-refractivity contribution in [2.75, 3.05) is 13.1 Å². The highest BCUT2D eigenvalue weighted by atomic mass is 28.3. The molecule has 0 aliphatic heterocycles. The zero-order valence-corrected chi connectivity index (χ0v) is 9.07. The molecule has 0 saturated heterocycles. The normalized spacial score (nSPS) is 12.6. The van der Waals surface area contributed by atoms with Crippen molar-refractivity contribution in [3.8, 4) is 0 Å². The molecular weight excluding hydrogens is 138 g/mol. The Morgan fingerprint density at radius 2 is 1.40 bits per heavy atom. The second kappa shape index (κ2) is 4.14. The predicted molar refractivity (Wildman–Crippen MR) is 50.9 cm³/mol. The Morgan fingerprint density at radius 1 is 1.00 bits per heavy atom. The van der Waals surface area contributed by atoms with Crippen LogP contribution < -0.4 is 0 Å². The van der Waals surface area contributed by atoms with E-state index in [9.17, 15) is 0 Å². The van der Waals surface area contributed by atoms with Crippen LogP contribution in [0.4, 0.5) is 0 Å². The summed E-state index contributed by atoms with van der Waals surface area (Å²) in [6, 6.07) is 1.37. The molecule has 0 aliphatic rings. The highest BCUT2D eigenvalue weighted by Crippen LogP contribution is 2.13. The average molecular weight is 159 g/mol. The molecule has 0 aliphatic carbocycles. The van der Waals surface area contributed by atoms with Gasteiger partial charge in [0.25, 0.3) is 0 Å². The average Bonchev–Trinajstić information content (AvgIpc) is 1.90. The molecule has 0 rings (SSSR count). The number of rotatable bonds is 4. The first kappa shape index (κ1) is 10.2. The monoisotopic (exact) mass is 159 g/mol. The predicted octanol–water partition coefficient (Wildman–Crippen LogP) is 2.55. The molecule has 0 aromatic heterocycles. The second-order valence-corrected chi connectivity index (χ2v) is 8.30. The van der Waals surface area contributed by atoms with Crippen LogP contribution in [0.1, 0.15) is 20.8 Å². The summed E-state index contributed by atoms with van der Waals surface area (Å²) < 4.78 is 2.63. The summed E-state index contributed by atoms with van der Waals surface area (Å²) >= 11 is 0. The second-order valence-electron chi connectivity index (χ2n) is 3.34. The van der Waals surface area contributed by atoms with Crippen LogP contribution in [0.5, 0.6) is 0 Å². The van der Waals surface area contributed by atoms with Gasteiger partial charge in [0.15, 0.2) is 0 Å². The van der Waals surface area contributed by atoms with E-state index in [1.54, 1.807) is 0 Å². The maximum atomic E-state index is 2.63. The van der Waals surface area contributed by atoms with Crippen molar-refractivity contribution in [1.29, 1.82) is 0 Å². The minimum absolute atomic E-state index is 0.973. The Bertz CT molecular complexity index is 87.3. The summed E-state index contributed by atoms with van der Waals surface area (Å²) in [6.45, 7) is 14.2. The zero-order chi connectivity index (χ0) is 8.20. The molecule has 0 radical (unpaired) electrons. The summed E-state index contributed by atoms with van der Waals surface area (Å²) in [4.78, 5) is 0. The molecule has 62 valence electrons. The quantitative estimate of drug-likeness (QED) is 0.570. The van der Waals surface area contributed by atoms with Gasteiger partial charge in [-0.25, -0.2) is 0 Å². The summed E-state index contributed by atoms with van der Waals surface area (Å²) in [5.41, 5.74) is 0. The number of hydrogen-bond donors (Lipinski definition) is 0. The van der Waals surface area contributed by atoms with Crippen molar-refractivity contribution < 1.29 is 0 Å². The van der Waals surface area contributed by atoms with Crippen molar-refractivity contribution in [3.63, 3.8) is 0 Å². The van der Waals surface area contributed by atoms with Gasteiger partial charge in [-0.05, 0) is 19.1 Å². The van der Waals surface area contributed by atoms with Gasteiger partial charge in [-0.15, -0.1) is 0 Å². The van der Waals surface area contributed by atoms with E-state index in [1.807, 2.05) is 0 Å². The Morgan fingerprint density at radius 3 is 1.50 bits per heavy atom. The van der Waals surface area contributed by atoms with Crippen LogP contribution in [0.3, 0.4) is 0 Å². The van der Waals surface area contributed by atoms with Crippen LogP contribution in [-0.2, 0) is 0 Å². The molecule has 1 nitrogen and oxygen atoms in total. The fraction of sp³-hybridized carbons (Fsp3) is 1.00. The van der Waals surface area contributed by atoms with Crippen LogP contribution in [0.25, 0.3) is 0 Å². The number of hydrogen-bond acceptors (Lipinski definition) is 1.